The Kier molecular flexibility index (Phi) is 5.86. The third-order valence-corrected chi connectivity index (χ3v) is 8.78. The smallest absolute Gasteiger partial charge is 0.271 e. The molecule has 0 spiro atoms. The average molecular weight is 555 g/mol. The number of rotatable bonds is 6. The van der Waals surface area contributed by atoms with E-state index in [1.807, 2.05) is 19.2 Å². The highest BCUT2D eigenvalue weighted by Gasteiger charge is 2.55. The fourth-order valence-corrected chi connectivity index (χ4v) is 7.43. The van der Waals surface area contributed by atoms with Crippen molar-refractivity contribution in [2.45, 2.75) is 56.7 Å². The number of hydrogen-bond donors (Lipinski definition) is 1. The molecule has 202 valence electrons. The van der Waals surface area contributed by atoms with Crippen LogP contribution in [0.3, 0.4) is 0 Å². The maximum atomic E-state index is 13.1. The number of anilines is 1. The Labute approximate surface area is 236 Å². The lowest BCUT2D eigenvalue weighted by atomic mass is 9.59. The third kappa shape index (κ3) is 4.04. The summed E-state index contributed by atoms with van der Waals surface area (Å²) in [5, 5.41) is 17.7. The van der Waals surface area contributed by atoms with E-state index in [-0.39, 0.29) is 29.2 Å². The molecule has 1 N–H and O–H groups in total. The molecule has 2 unspecified atom stereocenters. The highest BCUT2D eigenvalue weighted by molar-refractivity contribution is 6.33. The molecule has 4 aromatic rings. The van der Waals surface area contributed by atoms with E-state index in [1.165, 1.54) is 0 Å². The van der Waals surface area contributed by atoms with Crippen molar-refractivity contribution in [2.75, 3.05) is 11.5 Å². The normalized spacial score (nSPS) is 24.7. The predicted molar refractivity (Wildman–Crippen MR) is 148 cm³/mol. The minimum atomic E-state index is -0.265. The van der Waals surface area contributed by atoms with Crippen molar-refractivity contribution in [2.24, 2.45) is 5.92 Å². The van der Waals surface area contributed by atoms with Gasteiger partial charge in [-0.3, -0.25) is 9.78 Å². The van der Waals surface area contributed by atoms with Gasteiger partial charge in [0.25, 0.3) is 5.91 Å². The molecule has 0 radical (unpaired) electrons. The first kappa shape index (κ1) is 24.8. The molecule has 11 heteroatoms. The number of fused-ring (bicyclic) bond motifs is 1. The van der Waals surface area contributed by atoms with Gasteiger partial charge < -0.3 is 15.0 Å². The van der Waals surface area contributed by atoms with E-state index in [2.05, 4.69) is 26.4 Å². The van der Waals surface area contributed by atoms with Gasteiger partial charge in [0.15, 0.2) is 0 Å². The Morgan fingerprint density at radius 1 is 1.20 bits per heavy atom. The van der Waals surface area contributed by atoms with Crippen LogP contribution in [0.4, 0.5) is 5.82 Å². The van der Waals surface area contributed by atoms with E-state index in [0.717, 1.165) is 43.5 Å². The molecule has 40 heavy (non-hydrogen) atoms. The van der Waals surface area contributed by atoms with Crippen LogP contribution >= 0.6 is 11.6 Å². The van der Waals surface area contributed by atoms with Crippen LogP contribution in [0.2, 0.25) is 5.02 Å². The van der Waals surface area contributed by atoms with Crippen molar-refractivity contribution in [3.63, 3.8) is 0 Å². The molecule has 4 bridgehead atoms. The molecule has 4 aromatic heterocycles. The van der Waals surface area contributed by atoms with Crippen molar-refractivity contribution in [1.82, 2.24) is 29.9 Å². The zero-order chi connectivity index (χ0) is 27.4. The standard InChI is InChI=1S/C29H27ClN8O2/c1-2-40-21-8-22(27-18(12-31)13-35-37(27)16-21)24-14-34-25(15-33-24)38-19-6-17-7-20(38)11-29(9-17,10-19)36-28(39)26-23(30)4-3-5-32-26/h3-5,8,13-17,19-20H,2,6-7,9-11H2,1H3,(H,36,39). The fraction of sp³-hybridized carbons (Fsp3) is 0.379. The SMILES string of the molecule is CCOc1cc(-c2cnc(N3C4CC5CC3CC(NC(=O)c3ncccc3Cl)(C5)C4)cn2)c2c(C#N)cnn2c1. The molecule has 2 aliphatic heterocycles. The third-order valence-electron chi connectivity index (χ3n) is 8.48. The molecule has 6 heterocycles. The fourth-order valence-electron chi connectivity index (χ4n) is 7.22. The Morgan fingerprint density at radius 3 is 2.73 bits per heavy atom. The van der Waals surface area contributed by atoms with Crippen molar-refractivity contribution in [1.29, 1.82) is 5.26 Å². The quantitative estimate of drug-likeness (QED) is 0.371. The average Bonchev–Trinajstić information content (AvgIpc) is 3.36. The monoisotopic (exact) mass is 554 g/mol. The number of amides is 1. The predicted octanol–water partition coefficient (Wildman–Crippen LogP) is 4.43. The lowest BCUT2D eigenvalue weighted by molar-refractivity contribution is 0.0356. The Hall–Kier alpha value is -4.23. The summed E-state index contributed by atoms with van der Waals surface area (Å²) in [7, 11) is 0. The van der Waals surface area contributed by atoms with Crippen molar-refractivity contribution in [3.8, 4) is 23.1 Å². The van der Waals surface area contributed by atoms with Crippen LogP contribution in [-0.2, 0) is 0 Å². The summed E-state index contributed by atoms with van der Waals surface area (Å²) in [6.07, 6.45) is 13.3. The minimum Gasteiger partial charge on any atom is -0.492 e. The number of piperidine rings is 2. The molecule has 4 aliphatic rings. The van der Waals surface area contributed by atoms with Gasteiger partial charge in [-0.25, -0.2) is 14.5 Å². The number of halogens is 1. The summed E-state index contributed by atoms with van der Waals surface area (Å²) < 4.78 is 7.39. The number of carbonyl (C=O) groups is 1. The number of hydrogen-bond acceptors (Lipinski definition) is 8. The number of nitrogens with zero attached hydrogens (tertiary/aromatic N) is 7. The topological polar surface area (TPSA) is 121 Å². The van der Waals surface area contributed by atoms with E-state index in [0.29, 0.717) is 40.1 Å². The van der Waals surface area contributed by atoms with E-state index in [4.69, 9.17) is 26.3 Å². The zero-order valence-electron chi connectivity index (χ0n) is 21.9. The van der Waals surface area contributed by atoms with Crippen LogP contribution < -0.4 is 15.0 Å². The van der Waals surface area contributed by atoms with Crippen LogP contribution in [0, 0.1) is 17.2 Å². The second-order valence-corrected chi connectivity index (χ2v) is 11.4. The summed E-state index contributed by atoms with van der Waals surface area (Å²) in [4.78, 5) is 29.4. The van der Waals surface area contributed by atoms with Gasteiger partial charge in [0.1, 0.15) is 23.3 Å². The second kappa shape index (κ2) is 9.45. The molecule has 4 fully saturated rings. The second-order valence-electron chi connectivity index (χ2n) is 11.0. The summed E-state index contributed by atoms with van der Waals surface area (Å²) in [6.45, 7) is 2.43. The van der Waals surface area contributed by atoms with E-state index >= 15 is 0 Å². The lowest BCUT2D eigenvalue weighted by Crippen LogP contribution is -2.69. The van der Waals surface area contributed by atoms with Crippen molar-refractivity contribution >= 4 is 28.8 Å². The van der Waals surface area contributed by atoms with Crippen LogP contribution in [0.25, 0.3) is 16.8 Å². The molecular weight excluding hydrogens is 528 g/mol. The first-order valence-corrected chi connectivity index (χ1v) is 13.9. The van der Waals surface area contributed by atoms with Crippen molar-refractivity contribution < 1.29 is 9.53 Å². The van der Waals surface area contributed by atoms with Crippen LogP contribution in [-0.4, -0.2) is 54.7 Å². The van der Waals surface area contributed by atoms with Crippen molar-refractivity contribution in [3.05, 3.63) is 65.5 Å². The molecule has 10 nitrogen and oxygen atoms in total. The van der Waals surface area contributed by atoms with E-state index in [1.54, 1.807) is 41.4 Å². The largest absolute Gasteiger partial charge is 0.492 e. The number of aromatic nitrogens is 5. The van der Waals surface area contributed by atoms with Gasteiger partial charge >= 0.3 is 0 Å². The maximum Gasteiger partial charge on any atom is 0.271 e. The molecule has 2 aliphatic carbocycles. The number of nitriles is 1. The number of pyridine rings is 2. The molecule has 2 saturated carbocycles. The molecule has 8 rings (SSSR count). The Bertz CT molecular complexity index is 1650. The Morgan fingerprint density at radius 2 is 2.02 bits per heavy atom. The van der Waals surface area contributed by atoms with Gasteiger partial charge in [-0.2, -0.15) is 10.4 Å². The summed E-state index contributed by atoms with van der Waals surface area (Å²) in [6, 6.07) is 8.05. The highest BCUT2D eigenvalue weighted by atomic mass is 35.5. The van der Waals surface area contributed by atoms with Gasteiger partial charge in [0.2, 0.25) is 0 Å². The number of carbonyl (C=O) groups excluding carboxylic acids is 1. The maximum absolute atomic E-state index is 13.1. The van der Waals surface area contributed by atoms with Crippen LogP contribution in [0.1, 0.15) is 55.1 Å². The molecule has 2 atom stereocenters. The summed E-state index contributed by atoms with van der Waals surface area (Å²) in [5.74, 6) is 1.83. The summed E-state index contributed by atoms with van der Waals surface area (Å²) in [5.41, 5.74) is 2.54. The van der Waals surface area contributed by atoms with Gasteiger partial charge in [-0.15, -0.1) is 0 Å². The van der Waals surface area contributed by atoms with Gasteiger partial charge in [-0.1, -0.05) is 11.6 Å². The van der Waals surface area contributed by atoms with E-state index in [9.17, 15) is 10.1 Å². The van der Waals surface area contributed by atoms with Gasteiger partial charge in [0, 0.05) is 29.4 Å². The lowest BCUT2D eigenvalue weighted by Gasteiger charge is -2.61. The molecule has 0 aromatic carbocycles. The van der Waals surface area contributed by atoms with Crippen LogP contribution in [0.5, 0.6) is 5.75 Å². The molecular formula is C29H27ClN8O2. The molecule has 1 amide bonds. The molecule has 2 saturated heterocycles. The van der Waals surface area contributed by atoms with Crippen LogP contribution in [0.15, 0.2) is 49.2 Å². The minimum absolute atomic E-state index is 0.208. The Balaban J connectivity index is 1.16. The first-order valence-electron chi connectivity index (χ1n) is 13.5. The van der Waals surface area contributed by atoms with Gasteiger partial charge in [0.05, 0.1) is 53.2 Å². The first-order chi connectivity index (χ1) is 19.5. The van der Waals surface area contributed by atoms with Gasteiger partial charge in [-0.05, 0) is 63.1 Å². The summed E-state index contributed by atoms with van der Waals surface area (Å²) >= 11 is 6.26. The number of ether oxygens (including phenoxy) is 1. The zero-order valence-corrected chi connectivity index (χ0v) is 22.7. The number of nitrogens with one attached hydrogen (secondary N) is 1. The van der Waals surface area contributed by atoms with E-state index < -0.39 is 0 Å². The highest BCUT2D eigenvalue weighted by Crippen LogP contribution is 2.52.